The van der Waals surface area contributed by atoms with E-state index in [2.05, 4.69) is 27.4 Å². The van der Waals surface area contributed by atoms with Gasteiger partial charge in [0.25, 0.3) is 5.56 Å². The SMILES string of the molecule is Cc1nnc2sc(CCc3ccccc3)nn2c1=O. The molecule has 0 bridgehead atoms. The minimum Gasteiger partial charge on any atom is -0.265 e. The van der Waals surface area contributed by atoms with E-state index >= 15 is 0 Å². The van der Waals surface area contributed by atoms with Gasteiger partial charge in [-0.1, -0.05) is 41.7 Å². The number of hydrogen-bond acceptors (Lipinski definition) is 5. The maximum Gasteiger partial charge on any atom is 0.296 e. The van der Waals surface area contributed by atoms with Crippen LogP contribution in [0.25, 0.3) is 4.96 Å². The Balaban J connectivity index is 1.86. The average Bonchev–Trinajstić information content (AvgIpc) is 2.86. The van der Waals surface area contributed by atoms with Crippen LogP contribution in [-0.4, -0.2) is 19.8 Å². The van der Waals surface area contributed by atoms with Gasteiger partial charge in [0.1, 0.15) is 10.7 Å². The van der Waals surface area contributed by atoms with Gasteiger partial charge >= 0.3 is 0 Å². The van der Waals surface area contributed by atoms with E-state index in [-0.39, 0.29) is 5.56 Å². The summed E-state index contributed by atoms with van der Waals surface area (Å²) >= 11 is 1.42. The fourth-order valence-electron chi connectivity index (χ4n) is 1.83. The number of rotatable bonds is 3. The second kappa shape index (κ2) is 4.89. The maximum atomic E-state index is 11.8. The monoisotopic (exact) mass is 272 g/mol. The fraction of sp³-hybridized carbons (Fsp3) is 0.231. The molecule has 2 aromatic heterocycles. The van der Waals surface area contributed by atoms with Gasteiger partial charge in [0, 0.05) is 6.42 Å². The van der Waals surface area contributed by atoms with E-state index in [1.54, 1.807) is 6.92 Å². The molecule has 5 nitrogen and oxygen atoms in total. The van der Waals surface area contributed by atoms with Gasteiger partial charge in [-0.25, -0.2) is 0 Å². The molecule has 0 N–H and O–H groups in total. The largest absolute Gasteiger partial charge is 0.296 e. The molecule has 0 atom stereocenters. The number of benzene rings is 1. The van der Waals surface area contributed by atoms with Crippen LogP contribution in [0.1, 0.15) is 16.3 Å². The highest BCUT2D eigenvalue weighted by molar-refractivity contribution is 7.16. The van der Waals surface area contributed by atoms with Crippen molar-refractivity contribution in [2.24, 2.45) is 0 Å². The summed E-state index contributed by atoms with van der Waals surface area (Å²) in [6, 6.07) is 10.2. The summed E-state index contributed by atoms with van der Waals surface area (Å²) < 4.78 is 1.34. The molecule has 0 spiro atoms. The molecule has 6 heteroatoms. The Kier molecular flexibility index (Phi) is 3.08. The van der Waals surface area contributed by atoms with Crippen LogP contribution in [0, 0.1) is 6.92 Å². The molecule has 19 heavy (non-hydrogen) atoms. The lowest BCUT2D eigenvalue weighted by molar-refractivity contribution is 0.795. The molecule has 96 valence electrons. The van der Waals surface area contributed by atoms with E-state index in [9.17, 15) is 4.79 Å². The van der Waals surface area contributed by atoms with Crippen molar-refractivity contribution in [2.45, 2.75) is 19.8 Å². The second-order valence-electron chi connectivity index (χ2n) is 4.27. The zero-order chi connectivity index (χ0) is 13.2. The van der Waals surface area contributed by atoms with Gasteiger partial charge in [-0.05, 0) is 18.9 Å². The molecular formula is C13H12N4OS. The Morgan fingerprint density at radius 3 is 2.74 bits per heavy atom. The first-order valence-electron chi connectivity index (χ1n) is 6.00. The first-order chi connectivity index (χ1) is 9.24. The summed E-state index contributed by atoms with van der Waals surface area (Å²) in [6.07, 6.45) is 1.71. The average molecular weight is 272 g/mol. The van der Waals surface area contributed by atoms with E-state index < -0.39 is 0 Å². The normalized spacial score (nSPS) is 11.0. The Hall–Kier alpha value is -2.08. The lowest BCUT2D eigenvalue weighted by Crippen LogP contribution is -2.19. The van der Waals surface area contributed by atoms with Crippen LogP contribution in [0.2, 0.25) is 0 Å². The lowest BCUT2D eigenvalue weighted by atomic mass is 10.1. The van der Waals surface area contributed by atoms with E-state index in [1.807, 2.05) is 18.2 Å². The number of nitrogens with zero attached hydrogens (tertiary/aromatic N) is 4. The molecule has 3 aromatic rings. The summed E-state index contributed by atoms with van der Waals surface area (Å²) in [5.74, 6) is 0. The van der Waals surface area contributed by atoms with E-state index in [4.69, 9.17) is 0 Å². The predicted octanol–water partition coefficient (Wildman–Crippen LogP) is 1.64. The molecule has 0 aliphatic heterocycles. The topological polar surface area (TPSA) is 60.1 Å². The molecule has 0 radical (unpaired) electrons. The van der Waals surface area contributed by atoms with Crippen molar-refractivity contribution in [1.82, 2.24) is 19.8 Å². The first-order valence-corrected chi connectivity index (χ1v) is 6.81. The highest BCUT2D eigenvalue weighted by atomic mass is 32.1. The summed E-state index contributed by atoms with van der Waals surface area (Å²) in [5, 5.41) is 13.0. The molecule has 0 saturated heterocycles. The quantitative estimate of drug-likeness (QED) is 0.727. The van der Waals surface area contributed by atoms with E-state index in [0.717, 1.165) is 17.8 Å². The number of hydrogen-bond donors (Lipinski definition) is 0. The molecule has 3 rings (SSSR count). The van der Waals surface area contributed by atoms with Gasteiger partial charge in [-0.3, -0.25) is 4.79 Å². The van der Waals surface area contributed by atoms with Crippen LogP contribution in [0.15, 0.2) is 35.1 Å². The summed E-state index contributed by atoms with van der Waals surface area (Å²) in [5.41, 5.74) is 1.45. The van der Waals surface area contributed by atoms with Gasteiger partial charge in [0.2, 0.25) is 4.96 Å². The molecule has 0 unspecified atom stereocenters. The first kappa shape index (κ1) is 12.0. The maximum absolute atomic E-state index is 11.8. The lowest BCUT2D eigenvalue weighted by Gasteiger charge is -1.96. The number of aromatic nitrogens is 4. The zero-order valence-electron chi connectivity index (χ0n) is 10.4. The van der Waals surface area contributed by atoms with Crippen molar-refractivity contribution in [3.8, 4) is 0 Å². The molecule has 0 aliphatic carbocycles. The zero-order valence-corrected chi connectivity index (χ0v) is 11.2. The highest BCUT2D eigenvalue weighted by Crippen LogP contribution is 2.13. The van der Waals surface area contributed by atoms with Crippen molar-refractivity contribution in [1.29, 1.82) is 0 Å². The minimum atomic E-state index is -0.188. The Bertz CT molecular complexity index is 763. The van der Waals surface area contributed by atoms with Crippen LogP contribution in [0.4, 0.5) is 0 Å². The smallest absolute Gasteiger partial charge is 0.265 e. The fourth-order valence-corrected chi connectivity index (χ4v) is 2.66. The Morgan fingerprint density at radius 1 is 1.16 bits per heavy atom. The van der Waals surface area contributed by atoms with Crippen LogP contribution in [0.3, 0.4) is 0 Å². The van der Waals surface area contributed by atoms with Gasteiger partial charge in [0.15, 0.2) is 0 Å². The number of aryl methyl sites for hydroxylation is 3. The van der Waals surface area contributed by atoms with Crippen LogP contribution < -0.4 is 5.56 Å². The summed E-state index contributed by atoms with van der Waals surface area (Å²) in [6.45, 7) is 1.64. The molecule has 0 fully saturated rings. The molecule has 0 amide bonds. The van der Waals surface area contributed by atoms with Crippen LogP contribution in [-0.2, 0) is 12.8 Å². The van der Waals surface area contributed by atoms with Gasteiger partial charge in [-0.15, -0.1) is 10.2 Å². The molecular weight excluding hydrogens is 260 g/mol. The second-order valence-corrected chi connectivity index (χ2v) is 5.31. The van der Waals surface area contributed by atoms with Crippen molar-refractivity contribution < 1.29 is 0 Å². The van der Waals surface area contributed by atoms with Crippen LogP contribution in [0.5, 0.6) is 0 Å². The van der Waals surface area contributed by atoms with Gasteiger partial charge in [0.05, 0.1) is 0 Å². The van der Waals surface area contributed by atoms with Crippen molar-refractivity contribution >= 4 is 16.3 Å². The van der Waals surface area contributed by atoms with Gasteiger partial charge in [-0.2, -0.15) is 9.61 Å². The number of fused-ring (bicyclic) bond motifs is 1. The standard InChI is InChI=1S/C13H12N4OS/c1-9-12(18)17-13(15-14-9)19-11(16-17)8-7-10-5-3-2-4-6-10/h2-6H,7-8H2,1H3. The highest BCUT2D eigenvalue weighted by Gasteiger charge is 2.09. The molecule has 0 saturated carbocycles. The molecule has 2 heterocycles. The van der Waals surface area contributed by atoms with E-state index in [1.165, 1.54) is 21.4 Å². The summed E-state index contributed by atoms with van der Waals surface area (Å²) in [4.78, 5) is 12.4. The van der Waals surface area contributed by atoms with Crippen LogP contribution >= 0.6 is 11.3 Å². The van der Waals surface area contributed by atoms with E-state index in [0.29, 0.717) is 10.7 Å². The summed E-state index contributed by atoms with van der Waals surface area (Å²) in [7, 11) is 0. The third-order valence-electron chi connectivity index (χ3n) is 2.86. The molecule has 1 aromatic carbocycles. The Labute approximate surface area is 113 Å². The van der Waals surface area contributed by atoms with Crippen molar-refractivity contribution in [2.75, 3.05) is 0 Å². The third kappa shape index (κ3) is 2.39. The predicted molar refractivity (Wildman–Crippen MR) is 73.5 cm³/mol. The van der Waals surface area contributed by atoms with Crippen molar-refractivity contribution in [3.05, 3.63) is 57.0 Å². The van der Waals surface area contributed by atoms with Gasteiger partial charge < -0.3 is 0 Å². The van der Waals surface area contributed by atoms with Crippen molar-refractivity contribution in [3.63, 3.8) is 0 Å². The third-order valence-corrected chi connectivity index (χ3v) is 3.82. The Morgan fingerprint density at radius 2 is 1.95 bits per heavy atom. The minimum absolute atomic E-state index is 0.188. The molecule has 0 aliphatic rings.